The minimum absolute atomic E-state index is 0.0737. The van der Waals surface area contributed by atoms with Crippen molar-refractivity contribution in [1.82, 2.24) is 5.43 Å². The molecule has 184 valence electrons. The van der Waals surface area contributed by atoms with Gasteiger partial charge >= 0.3 is 0 Å². The van der Waals surface area contributed by atoms with Crippen molar-refractivity contribution in [2.24, 2.45) is 5.10 Å². The highest BCUT2D eigenvalue weighted by molar-refractivity contribution is 9.10. The molecule has 3 rings (SSSR count). The van der Waals surface area contributed by atoms with Gasteiger partial charge in [0.15, 0.2) is 0 Å². The molecule has 0 aromatic heterocycles. The zero-order chi connectivity index (χ0) is 25.8. The molecule has 0 aliphatic carbocycles. The number of aryl methyl sites for hydroxylation is 1. The lowest BCUT2D eigenvalue weighted by atomic mass is 10.2. The zero-order valence-electron chi connectivity index (χ0n) is 19.8. The highest BCUT2D eigenvalue weighted by Gasteiger charge is 2.28. The third kappa shape index (κ3) is 6.42. The molecule has 0 spiro atoms. The average molecular weight is 578 g/mol. The van der Waals surface area contributed by atoms with Gasteiger partial charge in [-0.25, -0.2) is 13.8 Å². The molecule has 0 fully saturated rings. The number of hydrazone groups is 1. The van der Waals surface area contributed by atoms with Crippen molar-refractivity contribution >= 4 is 61.1 Å². The molecule has 0 radical (unpaired) electrons. The topological polar surface area (TPSA) is 82.1 Å². The second kappa shape index (κ2) is 11.2. The Morgan fingerprint density at radius 1 is 1.06 bits per heavy atom. The normalized spacial score (nSPS) is 11.5. The molecule has 1 N–H and O–H groups in total. The van der Waals surface area contributed by atoms with Crippen LogP contribution in [0.15, 0.2) is 75.1 Å². The van der Waals surface area contributed by atoms with Crippen LogP contribution in [0.1, 0.15) is 16.7 Å². The summed E-state index contributed by atoms with van der Waals surface area (Å²) in [5.74, 6) is -0.597. The Bertz CT molecular complexity index is 1360. The van der Waals surface area contributed by atoms with Gasteiger partial charge in [0.05, 0.1) is 22.5 Å². The number of nitrogens with one attached hydrogen (secondary N) is 1. The fraction of sp³-hybridized carbons (Fsp3) is 0.200. The number of rotatable bonds is 8. The number of halogens is 2. The van der Waals surface area contributed by atoms with E-state index in [-0.39, 0.29) is 4.90 Å². The van der Waals surface area contributed by atoms with E-state index in [9.17, 15) is 13.2 Å². The van der Waals surface area contributed by atoms with Crippen LogP contribution in [0.5, 0.6) is 0 Å². The average Bonchev–Trinajstić information content (AvgIpc) is 2.79. The summed E-state index contributed by atoms with van der Waals surface area (Å²) in [6, 6.07) is 17.0. The Morgan fingerprint density at radius 2 is 1.74 bits per heavy atom. The maximum Gasteiger partial charge on any atom is 0.264 e. The first-order valence-electron chi connectivity index (χ1n) is 10.6. The number of anilines is 2. The molecule has 0 heterocycles. The Kier molecular flexibility index (Phi) is 8.58. The molecule has 0 saturated carbocycles. The summed E-state index contributed by atoms with van der Waals surface area (Å²) in [4.78, 5) is 14.8. The molecule has 3 aromatic rings. The molecule has 0 atom stereocenters. The molecule has 0 aliphatic heterocycles. The Labute approximate surface area is 219 Å². The van der Waals surface area contributed by atoms with E-state index in [1.807, 2.05) is 44.1 Å². The fourth-order valence-electron chi connectivity index (χ4n) is 3.31. The molecule has 0 unspecified atom stereocenters. The third-order valence-corrected chi connectivity index (χ3v) is 8.08. The molecular weight excluding hydrogens is 552 g/mol. The van der Waals surface area contributed by atoms with Gasteiger partial charge in [-0.1, -0.05) is 41.4 Å². The molecule has 3 aromatic carbocycles. The van der Waals surface area contributed by atoms with Crippen molar-refractivity contribution < 1.29 is 13.2 Å². The number of benzene rings is 3. The first kappa shape index (κ1) is 26.7. The van der Waals surface area contributed by atoms with Crippen LogP contribution in [0.2, 0.25) is 5.02 Å². The molecule has 7 nitrogen and oxygen atoms in total. The van der Waals surface area contributed by atoms with Crippen LogP contribution in [0.3, 0.4) is 0 Å². The Balaban J connectivity index is 1.86. The van der Waals surface area contributed by atoms with Crippen LogP contribution in [-0.4, -0.2) is 41.2 Å². The Hall–Kier alpha value is -2.88. The molecule has 10 heteroatoms. The summed E-state index contributed by atoms with van der Waals surface area (Å²) in [6.07, 6.45) is 1.49. The highest BCUT2D eigenvalue weighted by atomic mass is 79.9. The van der Waals surface area contributed by atoms with Crippen molar-refractivity contribution in [2.75, 3.05) is 29.8 Å². The molecule has 0 aliphatic rings. The molecule has 35 heavy (non-hydrogen) atoms. The summed E-state index contributed by atoms with van der Waals surface area (Å²) in [5, 5.41) is 4.40. The van der Waals surface area contributed by atoms with Crippen LogP contribution < -0.4 is 14.6 Å². The van der Waals surface area contributed by atoms with Gasteiger partial charge in [-0.05, 0) is 77.3 Å². The monoisotopic (exact) mass is 576 g/mol. The van der Waals surface area contributed by atoms with E-state index >= 15 is 0 Å². The van der Waals surface area contributed by atoms with Crippen LogP contribution in [0.4, 0.5) is 11.4 Å². The van der Waals surface area contributed by atoms with E-state index in [1.54, 1.807) is 37.3 Å². The summed E-state index contributed by atoms with van der Waals surface area (Å²) in [5.41, 5.74) is 5.97. The number of hydrogen-bond donors (Lipinski definition) is 1. The van der Waals surface area contributed by atoms with Gasteiger partial charge in [0.25, 0.3) is 15.9 Å². The van der Waals surface area contributed by atoms with E-state index in [2.05, 4.69) is 26.5 Å². The van der Waals surface area contributed by atoms with Gasteiger partial charge in [0, 0.05) is 23.6 Å². The molecule has 1 amide bonds. The first-order valence-corrected chi connectivity index (χ1v) is 13.2. The van der Waals surface area contributed by atoms with E-state index in [4.69, 9.17) is 11.6 Å². The number of sulfonamides is 1. The summed E-state index contributed by atoms with van der Waals surface area (Å²) in [7, 11) is -0.177. The fourth-order valence-corrected chi connectivity index (χ4v) is 5.71. The van der Waals surface area contributed by atoms with Gasteiger partial charge in [-0.15, -0.1) is 0 Å². The molecule has 0 bridgehead atoms. The second-order valence-electron chi connectivity index (χ2n) is 8.11. The van der Waals surface area contributed by atoms with Crippen LogP contribution >= 0.6 is 27.5 Å². The van der Waals surface area contributed by atoms with Gasteiger partial charge in [0.2, 0.25) is 0 Å². The lowest BCUT2D eigenvalue weighted by Gasteiger charge is -2.25. The highest BCUT2D eigenvalue weighted by Crippen LogP contribution is 2.31. The quantitative estimate of drug-likeness (QED) is 0.297. The SMILES string of the molecule is Cc1ccc(S(=O)(=O)N(CC(=O)N/N=C\c2ccc(N(C)C)c(Br)c2)c2cccc(Cl)c2C)cc1. The van der Waals surface area contributed by atoms with Crippen LogP contribution in [-0.2, 0) is 14.8 Å². The number of carbonyl (C=O) groups is 1. The summed E-state index contributed by atoms with van der Waals surface area (Å²) in [6.45, 7) is 3.10. The second-order valence-corrected chi connectivity index (χ2v) is 11.2. The van der Waals surface area contributed by atoms with E-state index in [1.165, 1.54) is 18.3 Å². The zero-order valence-corrected chi connectivity index (χ0v) is 22.9. The Morgan fingerprint density at radius 3 is 2.37 bits per heavy atom. The summed E-state index contributed by atoms with van der Waals surface area (Å²) >= 11 is 9.77. The maximum atomic E-state index is 13.5. The molecular formula is C25H26BrClN4O3S. The number of nitrogens with zero attached hydrogens (tertiary/aromatic N) is 3. The van der Waals surface area contributed by atoms with Crippen molar-refractivity contribution in [2.45, 2.75) is 18.7 Å². The number of hydrogen-bond acceptors (Lipinski definition) is 5. The third-order valence-electron chi connectivity index (χ3n) is 5.26. The molecule has 0 saturated heterocycles. The van der Waals surface area contributed by atoms with Gasteiger partial charge in [0.1, 0.15) is 6.54 Å². The number of amides is 1. The lowest BCUT2D eigenvalue weighted by molar-refractivity contribution is -0.119. The van der Waals surface area contributed by atoms with Gasteiger partial charge in [-0.3, -0.25) is 9.10 Å². The standard InChI is InChI=1S/C25H26BrClN4O3S/c1-17-8-11-20(12-9-17)35(33,34)31(23-7-5-6-22(27)18(23)2)16-25(32)29-28-15-19-10-13-24(30(3)4)21(26)14-19/h5-15H,16H2,1-4H3,(H,29,32)/b28-15-. The van der Waals surface area contributed by atoms with Crippen molar-refractivity contribution in [3.8, 4) is 0 Å². The van der Waals surface area contributed by atoms with Crippen LogP contribution in [0.25, 0.3) is 0 Å². The van der Waals surface area contributed by atoms with Crippen LogP contribution in [0, 0.1) is 13.8 Å². The van der Waals surface area contributed by atoms with Crippen molar-refractivity contribution in [1.29, 1.82) is 0 Å². The number of carbonyl (C=O) groups excluding carboxylic acids is 1. The van der Waals surface area contributed by atoms with E-state index < -0.39 is 22.5 Å². The smallest absolute Gasteiger partial charge is 0.264 e. The van der Waals surface area contributed by atoms with Gasteiger partial charge in [-0.2, -0.15) is 5.10 Å². The largest absolute Gasteiger partial charge is 0.377 e. The van der Waals surface area contributed by atoms with E-state index in [0.29, 0.717) is 16.3 Å². The predicted octanol–water partition coefficient (Wildman–Crippen LogP) is 5.13. The maximum absolute atomic E-state index is 13.5. The van der Waals surface area contributed by atoms with Crippen molar-refractivity contribution in [3.05, 3.63) is 86.8 Å². The van der Waals surface area contributed by atoms with Crippen molar-refractivity contribution in [3.63, 3.8) is 0 Å². The van der Waals surface area contributed by atoms with E-state index in [0.717, 1.165) is 25.6 Å². The lowest BCUT2D eigenvalue weighted by Crippen LogP contribution is -2.40. The predicted molar refractivity (Wildman–Crippen MR) is 146 cm³/mol. The minimum Gasteiger partial charge on any atom is -0.377 e. The minimum atomic E-state index is -4.05. The first-order chi connectivity index (χ1) is 16.5. The van der Waals surface area contributed by atoms with Gasteiger partial charge < -0.3 is 4.90 Å². The summed E-state index contributed by atoms with van der Waals surface area (Å²) < 4.78 is 29.0.